The number of hydrogen-bond acceptors (Lipinski definition) is 3. The summed E-state index contributed by atoms with van der Waals surface area (Å²) in [6, 6.07) is 12.3. The molecular formula is C17H20BrNO2. The van der Waals surface area contributed by atoms with E-state index in [9.17, 15) is 0 Å². The SMILES string of the molecule is CNC(c1ccc(C)cc1Br)c1ccc(OC)cc1OC. The number of hydrogen-bond donors (Lipinski definition) is 1. The maximum atomic E-state index is 5.52. The third-order valence-electron chi connectivity index (χ3n) is 3.51. The Morgan fingerprint density at radius 2 is 1.71 bits per heavy atom. The molecule has 21 heavy (non-hydrogen) atoms. The van der Waals surface area contributed by atoms with Gasteiger partial charge < -0.3 is 14.8 Å². The fraction of sp³-hybridized carbons (Fsp3) is 0.294. The average Bonchev–Trinajstić information content (AvgIpc) is 2.50. The Labute approximate surface area is 134 Å². The molecule has 0 aliphatic heterocycles. The lowest BCUT2D eigenvalue weighted by atomic mass is 9.97. The standard InChI is InChI=1S/C17H20BrNO2/c1-11-5-7-13(15(18)9-11)17(19-2)14-8-6-12(20-3)10-16(14)21-4/h5-10,17,19H,1-4H3. The zero-order chi connectivity index (χ0) is 15.4. The van der Waals surface area contributed by atoms with E-state index in [0.29, 0.717) is 0 Å². The molecule has 1 unspecified atom stereocenters. The Morgan fingerprint density at radius 3 is 2.29 bits per heavy atom. The highest BCUT2D eigenvalue weighted by Gasteiger charge is 2.19. The molecule has 3 nitrogen and oxygen atoms in total. The summed E-state index contributed by atoms with van der Waals surface area (Å²) in [5.74, 6) is 1.59. The first-order valence-corrected chi connectivity index (χ1v) is 7.55. The molecule has 0 heterocycles. The molecule has 0 bridgehead atoms. The van der Waals surface area contributed by atoms with Gasteiger partial charge in [0.1, 0.15) is 11.5 Å². The number of benzene rings is 2. The first kappa shape index (κ1) is 15.9. The van der Waals surface area contributed by atoms with Crippen LogP contribution in [0.4, 0.5) is 0 Å². The molecule has 0 aliphatic carbocycles. The largest absolute Gasteiger partial charge is 0.497 e. The molecule has 1 N–H and O–H groups in total. The van der Waals surface area contributed by atoms with E-state index in [0.717, 1.165) is 21.5 Å². The van der Waals surface area contributed by atoms with Crippen molar-refractivity contribution in [2.75, 3.05) is 21.3 Å². The van der Waals surface area contributed by atoms with E-state index in [2.05, 4.69) is 46.4 Å². The molecule has 1 atom stereocenters. The van der Waals surface area contributed by atoms with Crippen LogP contribution < -0.4 is 14.8 Å². The topological polar surface area (TPSA) is 30.5 Å². The molecule has 0 aromatic heterocycles. The van der Waals surface area contributed by atoms with Crippen LogP contribution in [0.25, 0.3) is 0 Å². The molecule has 0 saturated carbocycles. The number of halogens is 1. The van der Waals surface area contributed by atoms with E-state index >= 15 is 0 Å². The summed E-state index contributed by atoms with van der Waals surface area (Å²) in [6.45, 7) is 2.08. The molecule has 0 amide bonds. The van der Waals surface area contributed by atoms with Gasteiger partial charge in [-0.3, -0.25) is 0 Å². The number of nitrogens with one attached hydrogen (secondary N) is 1. The van der Waals surface area contributed by atoms with Gasteiger partial charge in [-0.15, -0.1) is 0 Å². The summed E-state index contributed by atoms with van der Waals surface area (Å²) in [6.07, 6.45) is 0. The second-order valence-electron chi connectivity index (χ2n) is 4.85. The van der Waals surface area contributed by atoms with Crippen LogP contribution in [-0.4, -0.2) is 21.3 Å². The smallest absolute Gasteiger partial charge is 0.127 e. The fourth-order valence-corrected chi connectivity index (χ4v) is 3.12. The first-order valence-electron chi connectivity index (χ1n) is 6.76. The highest BCUT2D eigenvalue weighted by atomic mass is 79.9. The molecule has 2 aromatic rings. The van der Waals surface area contributed by atoms with Crippen LogP contribution in [0.15, 0.2) is 40.9 Å². The summed E-state index contributed by atoms with van der Waals surface area (Å²) >= 11 is 3.65. The van der Waals surface area contributed by atoms with Gasteiger partial charge >= 0.3 is 0 Å². The summed E-state index contributed by atoms with van der Waals surface area (Å²) in [4.78, 5) is 0. The average molecular weight is 350 g/mol. The van der Waals surface area contributed by atoms with Gasteiger partial charge in [0, 0.05) is 16.1 Å². The number of aryl methyl sites for hydroxylation is 1. The molecule has 0 aliphatic rings. The van der Waals surface area contributed by atoms with Crippen molar-refractivity contribution in [1.29, 1.82) is 0 Å². The van der Waals surface area contributed by atoms with Crippen LogP contribution >= 0.6 is 15.9 Å². The molecule has 2 rings (SSSR count). The van der Waals surface area contributed by atoms with Crippen LogP contribution in [0.5, 0.6) is 11.5 Å². The van der Waals surface area contributed by atoms with E-state index in [1.807, 2.05) is 25.2 Å². The van der Waals surface area contributed by atoms with Crippen LogP contribution in [0.1, 0.15) is 22.7 Å². The van der Waals surface area contributed by atoms with Gasteiger partial charge in [0.25, 0.3) is 0 Å². The van der Waals surface area contributed by atoms with Crippen LogP contribution in [0.2, 0.25) is 0 Å². The summed E-state index contributed by atoms with van der Waals surface area (Å²) in [7, 11) is 5.27. The van der Waals surface area contributed by atoms with Gasteiger partial charge in [0.2, 0.25) is 0 Å². The van der Waals surface area contributed by atoms with Crippen molar-refractivity contribution < 1.29 is 9.47 Å². The Bertz CT molecular complexity index is 628. The summed E-state index contributed by atoms with van der Waals surface area (Å²) < 4.78 is 11.9. The van der Waals surface area contributed by atoms with Crippen molar-refractivity contribution >= 4 is 15.9 Å². The minimum absolute atomic E-state index is 0.0424. The highest BCUT2D eigenvalue weighted by Crippen LogP contribution is 2.35. The van der Waals surface area contributed by atoms with E-state index in [4.69, 9.17) is 9.47 Å². The quantitative estimate of drug-likeness (QED) is 0.881. The van der Waals surface area contributed by atoms with Crippen LogP contribution in [0.3, 0.4) is 0 Å². The van der Waals surface area contributed by atoms with Crippen molar-refractivity contribution in [3.8, 4) is 11.5 Å². The van der Waals surface area contributed by atoms with E-state index < -0.39 is 0 Å². The molecular weight excluding hydrogens is 330 g/mol. The van der Waals surface area contributed by atoms with Gasteiger partial charge in [-0.05, 0) is 43.3 Å². The van der Waals surface area contributed by atoms with E-state index in [-0.39, 0.29) is 6.04 Å². The number of ether oxygens (including phenoxy) is 2. The van der Waals surface area contributed by atoms with Crippen molar-refractivity contribution in [2.45, 2.75) is 13.0 Å². The lowest BCUT2D eigenvalue weighted by Gasteiger charge is -2.22. The third-order valence-corrected chi connectivity index (χ3v) is 4.19. The minimum atomic E-state index is 0.0424. The van der Waals surface area contributed by atoms with Crippen molar-refractivity contribution in [1.82, 2.24) is 5.32 Å². The lowest BCUT2D eigenvalue weighted by molar-refractivity contribution is 0.388. The monoisotopic (exact) mass is 349 g/mol. The second-order valence-corrected chi connectivity index (χ2v) is 5.71. The Morgan fingerprint density at radius 1 is 1.00 bits per heavy atom. The third kappa shape index (κ3) is 3.39. The second kappa shape index (κ2) is 6.96. The Balaban J connectivity index is 2.50. The maximum absolute atomic E-state index is 5.52. The first-order chi connectivity index (χ1) is 10.1. The van der Waals surface area contributed by atoms with Crippen molar-refractivity contribution in [2.24, 2.45) is 0 Å². The van der Waals surface area contributed by atoms with Gasteiger partial charge in [0.15, 0.2) is 0 Å². The predicted octanol–water partition coefficient (Wildman–Crippen LogP) is 4.08. The van der Waals surface area contributed by atoms with Gasteiger partial charge in [0.05, 0.1) is 20.3 Å². The van der Waals surface area contributed by atoms with Crippen molar-refractivity contribution in [3.63, 3.8) is 0 Å². The predicted molar refractivity (Wildman–Crippen MR) is 89.3 cm³/mol. The van der Waals surface area contributed by atoms with E-state index in [1.54, 1.807) is 14.2 Å². The molecule has 4 heteroatoms. The zero-order valence-corrected chi connectivity index (χ0v) is 14.3. The Hall–Kier alpha value is -1.52. The van der Waals surface area contributed by atoms with Gasteiger partial charge in [-0.1, -0.05) is 28.1 Å². The van der Waals surface area contributed by atoms with Crippen molar-refractivity contribution in [3.05, 3.63) is 57.6 Å². The summed E-state index contributed by atoms with van der Waals surface area (Å²) in [5, 5.41) is 3.36. The number of rotatable bonds is 5. The normalized spacial score (nSPS) is 12.0. The van der Waals surface area contributed by atoms with Crippen LogP contribution in [-0.2, 0) is 0 Å². The molecule has 0 fully saturated rings. The minimum Gasteiger partial charge on any atom is -0.497 e. The molecule has 2 aromatic carbocycles. The Kier molecular flexibility index (Phi) is 5.26. The van der Waals surface area contributed by atoms with Crippen LogP contribution in [0, 0.1) is 6.92 Å². The fourth-order valence-electron chi connectivity index (χ4n) is 2.40. The zero-order valence-electron chi connectivity index (χ0n) is 12.7. The van der Waals surface area contributed by atoms with E-state index in [1.165, 1.54) is 11.1 Å². The van der Waals surface area contributed by atoms with Gasteiger partial charge in [-0.2, -0.15) is 0 Å². The molecule has 0 radical (unpaired) electrons. The molecule has 0 saturated heterocycles. The highest BCUT2D eigenvalue weighted by molar-refractivity contribution is 9.10. The lowest BCUT2D eigenvalue weighted by Crippen LogP contribution is -2.19. The molecule has 112 valence electrons. The molecule has 0 spiro atoms. The van der Waals surface area contributed by atoms with Gasteiger partial charge in [-0.25, -0.2) is 0 Å². The maximum Gasteiger partial charge on any atom is 0.127 e. The summed E-state index contributed by atoms with van der Waals surface area (Å²) in [5.41, 5.74) is 3.47. The number of methoxy groups -OCH3 is 2.